The van der Waals surface area contributed by atoms with Crippen LogP contribution in [0.1, 0.15) is 50.6 Å². The molecule has 0 spiro atoms. The topological polar surface area (TPSA) is 137 Å². The van der Waals surface area contributed by atoms with Crippen LogP contribution in [0.25, 0.3) is 0 Å². The number of nitrogens with two attached hydrogens (primary N) is 1. The normalized spacial score (nSPS) is 19.2. The van der Waals surface area contributed by atoms with Gasteiger partial charge in [-0.05, 0) is 68.3 Å². The van der Waals surface area contributed by atoms with Gasteiger partial charge in [0.15, 0.2) is 11.5 Å². The minimum Gasteiger partial charge on any atom is -0.454 e. The van der Waals surface area contributed by atoms with Crippen LogP contribution < -0.4 is 20.5 Å². The van der Waals surface area contributed by atoms with Gasteiger partial charge in [-0.3, -0.25) is 9.59 Å². The Bertz CT molecular complexity index is 1520. The average molecular weight is 572 g/mol. The zero-order valence-corrected chi connectivity index (χ0v) is 23.4. The number of carbonyl (C=O) groups is 2. The predicted molar refractivity (Wildman–Crippen MR) is 146 cm³/mol. The molecule has 39 heavy (non-hydrogen) atoms. The molecule has 0 bridgehead atoms. The first-order chi connectivity index (χ1) is 18.5. The maximum atomic E-state index is 13.1. The third-order valence-corrected chi connectivity index (χ3v) is 9.71. The number of anilines is 1. The Labute approximate surface area is 230 Å². The van der Waals surface area contributed by atoms with E-state index < -0.39 is 21.8 Å². The van der Waals surface area contributed by atoms with Gasteiger partial charge in [-0.25, -0.2) is 8.42 Å². The van der Waals surface area contributed by atoms with Gasteiger partial charge in [-0.1, -0.05) is 6.07 Å². The largest absolute Gasteiger partial charge is 0.454 e. The van der Waals surface area contributed by atoms with Crippen molar-refractivity contribution in [3.8, 4) is 11.5 Å². The van der Waals surface area contributed by atoms with Gasteiger partial charge in [-0.2, -0.15) is 4.31 Å². The second-order valence-corrected chi connectivity index (χ2v) is 12.7. The second kappa shape index (κ2) is 10.6. The number of ether oxygens (including phenoxy) is 3. The predicted octanol–water partition coefficient (Wildman–Crippen LogP) is 3.53. The quantitative estimate of drug-likeness (QED) is 0.443. The van der Waals surface area contributed by atoms with Crippen molar-refractivity contribution in [1.82, 2.24) is 4.31 Å². The molecule has 2 aromatic carbocycles. The van der Waals surface area contributed by atoms with Crippen molar-refractivity contribution in [1.29, 1.82) is 0 Å². The number of nitrogens with one attached hydrogen (secondary N) is 1. The Hall–Kier alpha value is -3.45. The maximum absolute atomic E-state index is 13.1. The maximum Gasteiger partial charge on any atom is 0.256 e. The molecule has 12 heteroatoms. The third kappa shape index (κ3) is 5.50. The smallest absolute Gasteiger partial charge is 0.256 e. The molecule has 0 saturated carbocycles. The molecule has 10 nitrogen and oxygen atoms in total. The molecule has 2 unspecified atom stereocenters. The van der Waals surface area contributed by atoms with E-state index in [0.717, 1.165) is 10.4 Å². The number of hydrogen-bond donors (Lipinski definition) is 2. The molecule has 2 aliphatic rings. The summed E-state index contributed by atoms with van der Waals surface area (Å²) in [5.74, 6) is 0.214. The van der Waals surface area contributed by atoms with Crippen LogP contribution in [-0.2, 0) is 21.2 Å². The lowest BCUT2D eigenvalue weighted by atomic mass is 10.1. The van der Waals surface area contributed by atoms with Crippen LogP contribution in [0.2, 0.25) is 0 Å². The summed E-state index contributed by atoms with van der Waals surface area (Å²) in [4.78, 5) is 26.3. The van der Waals surface area contributed by atoms with Gasteiger partial charge in [0.1, 0.15) is 5.00 Å². The van der Waals surface area contributed by atoms with E-state index in [1.807, 2.05) is 32.0 Å². The monoisotopic (exact) mass is 571 g/mol. The molecule has 2 amide bonds. The minimum atomic E-state index is -3.74. The summed E-state index contributed by atoms with van der Waals surface area (Å²) < 4.78 is 44.1. The first-order valence-electron chi connectivity index (χ1n) is 12.4. The molecule has 1 fully saturated rings. The van der Waals surface area contributed by atoms with Crippen LogP contribution in [0.3, 0.4) is 0 Å². The highest BCUT2D eigenvalue weighted by Crippen LogP contribution is 2.37. The first-order valence-corrected chi connectivity index (χ1v) is 14.7. The molecule has 2 atom stereocenters. The molecule has 3 N–H and O–H groups in total. The highest BCUT2D eigenvalue weighted by atomic mass is 32.2. The van der Waals surface area contributed by atoms with Crippen molar-refractivity contribution in [2.45, 2.75) is 44.3 Å². The lowest BCUT2D eigenvalue weighted by Gasteiger charge is -2.34. The van der Waals surface area contributed by atoms with E-state index in [2.05, 4.69) is 5.32 Å². The fourth-order valence-corrected chi connectivity index (χ4v) is 7.61. The molecule has 1 aromatic heterocycles. The van der Waals surface area contributed by atoms with E-state index in [4.69, 9.17) is 19.9 Å². The van der Waals surface area contributed by atoms with E-state index in [0.29, 0.717) is 28.5 Å². The molecule has 2 aliphatic heterocycles. The molecular formula is C27H29N3O7S2. The highest BCUT2D eigenvalue weighted by Gasteiger charge is 2.32. The van der Waals surface area contributed by atoms with Crippen molar-refractivity contribution < 1.29 is 32.2 Å². The van der Waals surface area contributed by atoms with Crippen LogP contribution in [0, 0.1) is 6.92 Å². The van der Waals surface area contributed by atoms with Crippen molar-refractivity contribution in [2.24, 2.45) is 5.73 Å². The molecule has 206 valence electrons. The number of rotatable bonds is 7. The average Bonchev–Trinajstić information content (AvgIpc) is 3.47. The second-order valence-electron chi connectivity index (χ2n) is 9.64. The Balaban J connectivity index is 1.34. The highest BCUT2D eigenvalue weighted by molar-refractivity contribution is 7.89. The Kier molecular flexibility index (Phi) is 7.38. The molecule has 3 aromatic rings. The minimum absolute atomic E-state index is 0.0937. The number of morpholine rings is 1. The Morgan fingerprint density at radius 2 is 1.72 bits per heavy atom. The van der Waals surface area contributed by atoms with Gasteiger partial charge < -0.3 is 25.3 Å². The van der Waals surface area contributed by atoms with Gasteiger partial charge >= 0.3 is 0 Å². The van der Waals surface area contributed by atoms with E-state index in [9.17, 15) is 18.0 Å². The summed E-state index contributed by atoms with van der Waals surface area (Å²) in [6, 6.07) is 11.4. The van der Waals surface area contributed by atoms with Crippen LogP contribution >= 0.6 is 11.3 Å². The molecule has 1 saturated heterocycles. The third-order valence-electron chi connectivity index (χ3n) is 6.66. The van der Waals surface area contributed by atoms with Crippen LogP contribution in [0.5, 0.6) is 11.5 Å². The zero-order valence-electron chi connectivity index (χ0n) is 21.7. The van der Waals surface area contributed by atoms with Crippen molar-refractivity contribution in [3.05, 3.63) is 69.6 Å². The van der Waals surface area contributed by atoms with Gasteiger partial charge in [0.05, 0.1) is 22.7 Å². The lowest BCUT2D eigenvalue weighted by Crippen LogP contribution is -2.48. The number of primary amides is 1. The number of amides is 2. The summed E-state index contributed by atoms with van der Waals surface area (Å²) in [5, 5.41) is 3.13. The van der Waals surface area contributed by atoms with Gasteiger partial charge in [-0.15, -0.1) is 11.3 Å². The number of fused-ring (bicyclic) bond motifs is 1. The number of thiophene rings is 1. The molecule has 3 heterocycles. The number of sulfonamides is 1. The number of hydrogen-bond acceptors (Lipinski definition) is 8. The Morgan fingerprint density at radius 1 is 1.05 bits per heavy atom. The molecular weight excluding hydrogens is 542 g/mol. The lowest BCUT2D eigenvalue weighted by molar-refractivity contribution is -0.0440. The van der Waals surface area contributed by atoms with Crippen molar-refractivity contribution >= 4 is 38.2 Å². The fraction of sp³-hybridized carbons (Fsp3) is 0.333. The van der Waals surface area contributed by atoms with Crippen LogP contribution in [0.4, 0.5) is 5.00 Å². The van der Waals surface area contributed by atoms with E-state index in [1.54, 1.807) is 6.92 Å². The Morgan fingerprint density at radius 3 is 2.38 bits per heavy atom. The fourth-order valence-electron chi connectivity index (χ4n) is 4.78. The summed E-state index contributed by atoms with van der Waals surface area (Å²) in [6.45, 7) is 6.16. The van der Waals surface area contributed by atoms with E-state index in [1.165, 1.54) is 39.9 Å². The van der Waals surface area contributed by atoms with E-state index in [-0.39, 0.29) is 48.1 Å². The summed E-state index contributed by atoms with van der Waals surface area (Å²) in [5.41, 5.74) is 7.81. The molecule has 0 radical (unpaired) electrons. The van der Waals surface area contributed by atoms with Crippen molar-refractivity contribution in [3.63, 3.8) is 0 Å². The van der Waals surface area contributed by atoms with Crippen LogP contribution in [-0.4, -0.2) is 56.6 Å². The van der Waals surface area contributed by atoms with Crippen molar-refractivity contribution in [2.75, 3.05) is 25.2 Å². The SMILES string of the molecule is Cc1c(Cc2ccc3c(c2)OCO3)sc(NC(=O)c2ccc(S(=O)(=O)N3CC(C)OC(C)C3)cc2)c1C(N)=O. The zero-order chi connectivity index (χ0) is 27.9. The van der Waals surface area contributed by atoms with Gasteiger partial charge in [0.2, 0.25) is 16.8 Å². The molecule has 0 aliphatic carbocycles. The number of carbonyl (C=O) groups excluding carboxylic acids is 2. The number of benzene rings is 2. The number of nitrogens with zero attached hydrogens (tertiary/aromatic N) is 1. The first kappa shape index (κ1) is 27.1. The standard InChI is InChI=1S/C27H29N3O7S2/c1-15-12-30(13-16(2)37-15)39(33,34)20-7-5-19(6-8-20)26(32)29-27-24(25(28)31)17(3)23(38-27)11-18-4-9-21-22(10-18)36-14-35-21/h4-10,15-16H,11-14H2,1-3H3,(H2,28,31)(H,29,32). The molecule has 5 rings (SSSR count). The summed E-state index contributed by atoms with van der Waals surface area (Å²) in [6.07, 6.45) is 0.0867. The van der Waals surface area contributed by atoms with E-state index >= 15 is 0 Å². The summed E-state index contributed by atoms with van der Waals surface area (Å²) in [7, 11) is -3.74. The van der Waals surface area contributed by atoms with Gasteiger partial charge in [0.25, 0.3) is 11.8 Å². The van der Waals surface area contributed by atoms with Crippen LogP contribution in [0.15, 0.2) is 47.4 Å². The van der Waals surface area contributed by atoms with Gasteiger partial charge in [0, 0.05) is 30.0 Å². The summed E-state index contributed by atoms with van der Waals surface area (Å²) >= 11 is 1.27.